The van der Waals surface area contributed by atoms with Crippen LogP contribution in [0.2, 0.25) is 0 Å². The molecule has 2 aromatic rings. The van der Waals surface area contributed by atoms with Crippen molar-refractivity contribution >= 4 is 23.7 Å². The van der Waals surface area contributed by atoms with E-state index in [1.807, 2.05) is 13.8 Å². The van der Waals surface area contributed by atoms with Gasteiger partial charge in [0.05, 0.1) is 25.1 Å². The van der Waals surface area contributed by atoms with E-state index in [2.05, 4.69) is 15.8 Å². The predicted octanol–water partition coefficient (Wildman–Crippen LogP) is 3.10. The third-order valence-electron chi connectivity index (χ3n) is 3.44. The standard InChI is InChI=1S/C20H22FN3O4/c1-3-11-28-17-10-9-14(12-18(17)27-4-2)13-22-24-20(26)19(25)23-16-8-6-5-7-15(16)21/h5-10,12-13H,3-4,11H2,1-2H3,(H,23,25)(H,24,26)/b22-13-. The number of amides is 2. The van der Waals surface area contributed by atoms with Crippen molar-refractivity contribution in [2.45, 2.75) is 20.3 Å². The third-order valence-corrected chi connectivity index (χ3v) is 3.44. The number of nitrogens with one attached hydrogen (secondary N) is 2. The van der Waals surface area contributed by atoms with Crippen molar-refractivity contribution in [2.24, 2.45) is 5.10 Å². The quantitative estimate of drug-likeness (QED) is 0.414. The maximum absolute atomic E-state index is 13.5. The zero-order valence-corrected chi connectivity index (χ0v) is 15.7. The first kappa shape index (κ1) is 20.9. The minimum Gasteiger partial charge on any atom is -0.490 e. The fourth-order valence-electron chi connectivity index (χ4n) is 2.16. The van der Waals surface area contributed by atoms with Gasteiger partial charge in [0.25, 0.3) is 0 Å². The van der Waals surface area contributed by atoms with E-state index in [1.165, 1.54) is 24.4 Å². The molecule has 8 heteroatoms. The normalized spacial score (nSPS) is 10.5. The van der Waals surface area contributed by atoms with E-state index in [0.29, 0.717) is 30.3 Å². The second kappa shape index (κ2) is 10.7. The molecule has 7 nitrogen and oxygen atoms in total. The summed E-state index contributed by atoms with van der Waals surface area (Å²) in [5.74, 6) is -1.51. The Hall–Kier alpha value is -3.42. The number of hydrogen-bond acceptors (Lipinski definition) is 5. The average Bonchev–Trinajstić information content (AvgIpc) is 2.69. The number of rotatable bonds is 8. The van der Waals surface area contributed by atoms with Crippen molar-refractivity contribution in [2.75, 3.05) is 18.5 Å². The summed E-state index contributed by atoms with van der Waals surface area (Å²) >= 11 is 0. The number of benzene rings is 2. The summed E-state index contributed by atoms with van der Waals surface area (Å²) in [4.78, 5) is 23.6. The summed E-state index contributed by atoms with van der Waals surface area (Å²) in [6, 6.07) is 10.7. The minimum absolute atomic E-state index is 0.0874. The SMILES string of the molecule is CCCOc1ccc(/C=N\NC(=O)C(=O)Nc2ccccc2F)cc1OCC. The third kappa shape index (κ3) is 6.08. The number of hydrazone groups is 1. The summed E-state index contributed by atoms with van der Waals surface area (Å²) in [7, 11) is 0. The van der Waals surface area contributed by atoms with Gasteiger partial charge in [0, 0.05) is 0 Å². The number of carbonyl (C=O) groups excluding carboxylic acids is 2. The first-order valence-electron chi connectivity index (χ1n) is 8.83. The Bertz CT molecular complexity index is 855. The lowest BCUT2D eigenvalue weighted by molar-refractivity contribution is -0.136. The molecule has 148 valence electrons. The second-order valence-electron chi connectivity index (χ2n) is 5.62. The van der Waals surface area contributed by atoms with Crippen LogP contribution in [0.4, 0.5) is 10.1 Å². The fourth-order valence-corrected chi connectivity index (χ4v) is 2.16. The molecule has 0 bridgehead atoms. The summed E-state index contributed by atoms with van der Waals surface area (Å²) in [6.07, 6.45) is 2.23. The number of para-hydroxylation sites is 1. The van der Waals surface area contributed by atoms with Crippen LogP contribution in [0.1, 0.15) is 25.8 Å². The van der Waals surface area contributed by atoms with Crippen LogP contribution in [-0.2, 0) is 9.59 Å². The van der Waals surface area contributed by atoms with E-state index in [4.69, 9.17) is 9.47 Å². The zero-order chi connectivity index (χ0) is 20.4. The first-order chi connectivity index (χ1) is 13.5. The highest BCUT2D eigenvalue weighted by atomic mass is 19.1. The predicted molar refractivity (Wildman–Crippen MR) is 104 cm³/mol. The minimum atomic E-state index is -1.03. The van der Waals surface area contributed by atoms with Crippen LogP contribution < -0.4 is 20.2 Å². The van der Waals surface area contributed by atoms with Gasteiger partial charge in [-0.25, -0.2) is 9.82 Å². The largest absolute Gasteiger partial charge is 0.490 e. The Labute approximate surface area is 162 Å². The molecule has 0 saturated carbocycles. The number of hydrogen-bond donors (Lipinski definition) is 2. The fraction of sp³-hybridized carbons (Fsp3) is 0.250. The highest BCUT2D eigenvalue weighted by Crippen LogP contribution is 2.28. The Kier molecular flexibility index (Phi) is 7.95. The molecule has 0 aliphatic carbocycles. The van der Waals surface area contributed by atoms with Gasteiger partial charge in [0.2, 0.25) is 0 Å². The van der Waals surface area contributed by atoms with E-state index in [-0.39, 0.29) is 5.69 Å². The van der Waals surface area contributed by atoms with Gasteiger partial charge in [-0.15, -0.1) is 0 Å². The molecule has 0 spiro atoms. The van der Waals surface area contributed by atoms with Crippen molar-refractivity contribution in [3.63, 3.8) is 0 Å². The lowest BCUT2D eigenvalue weighted by atomic mass is 10.2. The molecule has 0 aromatic heterocycles. The topological polar surface area (TPSA) is 89.0 Å². The summed E-state index contributed by atoms with van der Waals surface area (Å²) in [6.45, 7) is 4.90. The number of halogens is 1. The maximum Gasteiger partial charge on any atom is 0.329 e. The van der Waals surface area contributed by atoms with E-state index in [0.717, 1.165) is 6.42 Å². The molecule has 2 amide bonds. The van der Waals surface area contributed by atoms with E-state index < -0.39 is 17.6 Å². The van der Waals surface area contributed by atoms with Crippen molar-refractivity contribution in [1.82, 2.24) is 5.43 Å². The van der Waals surface area contributed by atoms with Crippen LogP contribution in [0.15, 0.2) is 47.6 Å². The monoisotopic (exact) mass is 387 g/mol. The number of anilines is 1. The van der Waals surface area contributed by atoms with Crippen LogP contribution in [0.5, 0.6) is 11.5 Å². The Morgan fingerprint density at radius 2 is 1.86 bits per heavy atom. The number of carbonyl (C=O) groups is 2. The molecule has 0 fully saturated rings. The Balaban J connectivity index is 1.97. The molecule has 2 rings (SSSR count). The average molecular weight is 387 g/mol. The van der Waals surface area contributed by atoms with Gasteiger partial charge < -0.3 is 14.8 Å². The second-order valence-corrected chi connectivity index (χ2v) is 5.62. The Morgan fingerprint density at radius 3 is 2.57 bits per heavy atom. The molecule has 0 saturated heterocycles. The van der Waals surface area contributed by atoms with E-state index >= 15 is 0 Å². The number of ether oxygens (including phenoxy) is 2. The summed E-state index contributed by atoms with van der Waals surface area (Å²) in [5.41, 5.74) is 2.65. The maximum atomic E-state index is 13.5. The smallest absolute Gasteiger partial charge is 0.329 e. The lowest BCUT2D eigenvalue weighted by Gasteiger charge is -2.11. The molecule has 0 unspecified atom stereocenters. The lowest BCUT2D eigenvalue weighted by Crippen LogP contribution is -2.32. The van der Waals surface area contributed by atoms with E-state index in [9.17, 15) is 14.0 Å². The summed E-state index contributed by atoms with van der Waals surface area (Å²) in [5, 5.41) is 5.92. The molecule has 2 aromatic carbocycles. The van der Waals surface area contributed by atoms with E-state index in [1.54, 1.807) is 24.3 Å². The molecule has 0 atom stereocenters. The molecular formula is C20H22FN3O4. The molecule has 28 heavy (non-hydrogen) atoms. The zero-order valence-electron chi connectivity index (χ0n) is 15.7. The van der Waals surface area contributed by atoms with Gasteiger partial charge in [0.15, 0.2) is 11.5 Å². The van der Waals surface area contributed by atoms with Crippen molar-refractivity contribution < 1.29 is 23.5 Å². The van der Waals surface area contributed by atoms with Gasteiger partial charge in [-0.1, -0.05) is 19.1 Å². The van der Waals surface area contributed by atoms with Crippen LogP contribution in [-0.4, -0.2) is 31.2 Å². The molecule has 0 aliphatic rings. The summed E-state index contributed by atoms with van der Waals surface area (Å²) < 4.78 is 24.7. The van der Waals surface area contributed by atoms with Crippen LogP contribution in [0, 0.1) is 5.82 Å². The molecular weight excluding hydrogens is 365 g/mol. The van der Waals surface area contributed by atoms with Crippen LogP contribution >= 0.6 is 0 Å². The molecule has 0 aliphatic heterocycles. The highest BCUT2D eigenvalue weighted by molar-refractivity contribution is 6.39. The van der Waals surface area contributed by atoms with Gasteiger partial charge >= 0.3 is 11.8 Å². The van der Waals surface area contributed by atoms with Gasteiger partial charge in [-0.05, 0) is 49.2 Å². The molecule has 0 radical (unpaired) electrons. The highest BCUT2D eigenvalue weighted by Gasteiger charge is 2.14. The van der Waals surface area contributed by atoms with Crippen LogP contribution in [0.25, 0.3) is 0 Å². The van der Waals surface area contributed by atoms with Crippen molar-refractivity contribution in [3.05, 3.63) is 53.8 Å². The van der Waals surface area contributed by atoms with Gasteiger partial charge in [0.1, 0.15) is 5.82 Å². The van der Waals surface area contributed by atoms with Gasteiger partial charge in [-0.2, -0.15) is 5.10 Å². The first-order valence-corrected chi connectivity index (χ1v) is 8.83. The van der Waals surface area contributed by atoms with Crippen molar-refractivity contribution in [1.29, 1.82) is 0 Å². The number of nitrogens with zero attached hydrogens (tertiary/aromatic N) is 1. The molecule has 0 heterocycles. The van der Waals surface area contributed by atoms with Gasteiger partial charge in [-0.3, -0.25) is 9.59 Å². The molecule has 2 N–H and O–H groups in total. The Morgan fingerprint density at radius 1 is 1.07 bits per heavy atom. The van der Waals surface area contributed by atoms with Crippen molar-refractivity contribution in [3.8, 4) is 11.5 Å². The van der Waals surface area contributed by atoms with Crippen LogP contribution in [0.3, 0.4) is 0 Å².